The summed E-state index contributed by atoms with van der Waals surface area (Å²) >= 11 is 1.82. The van der Waals surface area contributed by atoms with E-state index in [1.54, 1.807) is 0 Å². The third-order valence-corrected chi connectivity index (χ3v) is 4.74. The molecule has 0 spiro atoms. The molecule has 0 aliphatic heterocycles. The highest BCUT2D eigenvalue weighted by Crippen LogP contribution is 2.32. The van der Waals surface area contributed by atoms with E-state index in [0.717, 1.165) is 31.2 Å². The molecule has 1 nitrogen and oxygen atoms in total. The summed E-state index contributed by atoms with van der Waals surface area (Å²) in [7, 11) is 0. The Morgan fingerprint density at radius 3 is 2.26 bits per heavy atom. The van der Waals surface area contributed by atoms with Crippen LogP contribution in [-0.2, 0) is 18.4 Å². The fraction of sp³-hybridized carbons (Fsp3) is 0.412. The van der Waals surface area contributed by atoms with E-state index >= 15 is 0 Å². The van der Waals surface area contributed by atoms with E-state index < -0.39 is 5.60 Å². The molecular formula is C17H22OS. The van der Waals surface area contributed by atoms with Crippen LogP contribution in [0.25, 0.3) is 0 Å². The van der Waals surface area contributed by atoms with Crippen LogP contribution in [0.2, 0.25) is 0 Å². The first-order valence-electron chi connectivity index (χ1n) is 7.03. The van der Waals surface area contributed by atoms with E-state index in [0.29, 0.717) is 0 Å². The summed E-state index contributed by atoms with van der Waals surface area (Å²) < 4.78 is 0. The molecule has 0 aliphatic rings. The zero-order chi connectivity index (χ0) is 13.7. The van der Waals surface area contributed by atoms with Gasteiger partial charge in [0.15, 0.2) is 0 Å². The second kappa shape index (κ2) is 6.36. The van der Waals surface area contributed by atoms with E-state index in [-0.39, 0.29) is 0 Å². The molecule has 2 rings (SSSR count). The number of aryl methyl sites for hydroxylation is 1. The molecule has 0 amide bonds. The minimum atomic E-state index is -0.730. The van der Waals surface area contributed by atoms with Gasteiger partial charge in [-0.25, -0.2) is 0 Å². The molecule has 0 radical (unpaired) electrons. The number of thiophene rings is 1. The smallest absolute Gasteiger partial charge is 0.0944 e. The molecule has 1 N–H and O–H groups in total. The van der Waals surface area contributed by atoms with Gasteiger partial charge >= 0.3 is 0 Å². The molecule has 1 atom stereocenters. The van der Waals surface area contributed by atoms with Crippen molar-refractivity contribution in [2.45, 2.75) is 45.1 Å². The lowest BCUT2D eigenvalue weighted by atomic mass is 9.86. The highest BCUT2D eigenvalue weighted by molar-refractivity contribution is 7.12. The van der Waals surface area contributed by atoms with Gasteiger partial charge in [-0.15, -0.1) is 11.3 Å². The standard InChI is InChI=1S/C17H22OS/c1-3-12-17(18,14-8-6-5-7-9-14)13-16-11-10-15(4-2)19-16/h5-11,18H,3-4,12-13H2,1-2H3. The summed E-state index contributed by atoms with van der Waals surface area (Å²) in [5, 5.41) is 11.0. The summed E-state index contributed by atoms with van der Waals surface area (Å²) in [6.07, 6.45) is 3.57. The predicted octanol–water partition coefficient (Wildman–Crippen LogP) is 4.54. The van der Waals surface area contributed by atoms with Crippen LogP contribution in [0.5, 0.6) is 0 Å². The average Bonchev–Trinajstić information content (AvgIpc) is 2.87. The highest BCUT2D eigenvalue weighted by Gasteiger charge is 2.28. The minimum absolute atomic E-state index is 0.718. The normalized spacial score (nSPS) is 14.3. The third kappa shape index (κ3) is 3.46. The Morgan fingerprint density at radius 2 is 1.68 bits per heavy atom. The van der Waals surface area contributed by atoms with Crippen LogP contribution in [0.3, 0.4) is 0 Å². The third-order valence-electron chi connectivity index (χ3n) is 3.51. The Labute approximate surface area is 119 Å². The first-order chi connectivity index (χ1) is 9.18. The van der Waals surface area contributed by atoms with Crippen LogP contribution in [0.1, 0.15) is 42.0 Å². The van der Waals surface area contributed by atoms with Crippen molar-refractivity contribution in [1.82, 2.24) is 0 Å². The molecule has 102 valence electrons. The molecular weight excluding hydrogens is 252 g/mol. The molecule has 0 aliphatic carbocycles. The Kier molecular flexibility index (Phi) is 4.78. The van der Waals surface area contributed by atoms with Crippen molar-refractivity contribution in [3.63, 3.8) is 0 Å². The van der Waals surface area contributed by atoms with Crippen LogP contribution in [0.15, 0.2) is 42.5 Å². The second-order valence-corrected chi connectivity index (χ2v) is 6.30. The van der Waals surface area contributed by atoms with Gasteiger partial charge in [-0.1, -0.05) is 50.6 Å². The molecule has 2 heteroatoms. The first-order valence-corrected chi connectivity index (χ1v) is 7.85. The van der Waals surface area contributed by atoms with Gasteiger partial charge in [0.05, 0.1) is 5.60 Å². The molecule has 1 aromatic carbocycles. The van der Waals surface area contributed by atoms with Crippen molar-refractivity contribution in [2.75, 3.05) is 0 Å². The van der Waals surface area contributed by atoms with Gasteiger partial charge < -0.3 is 5.11 Å². The highest BCUT2D eigenvalue weighted by atomic mass is 32.1. The molecule has 1 heterocycles. The van der Waals surface area contributed by atoms with E-state index in [4.69, 9.17) is 0 Å². The van der Waals surface area contributed by atoms with Gasteiger partial charge in [-0.2, -0.15) is 0 Å². The lowest BCUT2D eigenvalue weighted by molar-refractivity contribution is 0.0277. The Balaban J connectivity index is 2.24. The van der Waals surface area contributed by atoms with Gasteiger partial charge in [0, 0.05) is 16.2 Å². The van der Waals surface area contributed by atoms with Crippen molar-refractivity contribution < 1.29 is 5.11 Å². The fourth-order valence-electron chi connectivity index (χ4n) is 2.49. The summed E-state index contributed by atoms with van der Waals surface area (Å²) in [5.41, 5.74) is 0.301. The van der Waals surface area contributed by atoms with Gasteiger partial charge in [0.2, 0.25) is 0 Å². The molecule has 0 saturated heterocycles. The SMILES string of the molecule is CCCC(O)(Cc1ccc(CC)s1)c1ccccc1. The number of hydrogen-bond donors (Lipinski definition) is 1. The quantitative estimate of drug-likeness (QED) is 0.820. The Hall–Kier alpha value is -1.12. The topological polar surface area (TPSA) is 20.2 Å². The molecule has 0 saturated carbocycles. The number of benzene rings is 1. The minimum Gasteiger partial charge on any atom is -0.385 e. The van der Waals surface area contributed by atoms with E-state index in [2.05, 4.69) is 26.0 Å². The van der Waals surface area contributed by atoms with E-state index in [1.807, 2.05) is 41.7 Å². The fourth-order valence-corrected chi connectivity index (χ4v) is 3.56. The largest absolute Gasteiger partial charge is 0.385 e. The number of aliphatic hydroxyl groups is 1. The van der Waals surface area contributed by atoms with E-state index in [1.165, 1.54) is 9.75 Å². The number of hydrogen-bond acceptors (Lipinski definition) is 2. The summed E-state index contributed by atoms with van der Waals surface area (Å²) in [6.45, 7) is 4.30. The molecule has 2 aromatic rings. The van der Waals surface area contributed by atoms with Crippen molar-refractivity contribution in [1.29, 1.82) is 0 Å². The monoisotopic (exact) mass is 274 g/mol. The maximum absolute atomic E-state index is 11.0. The maximum Gasteiger partial charge on any atom is 0.0944 e. The van der Waals surface area contributed by atoms with Gasteiger partial charge in [0.25, 0.3) is 0 Å². The summed E-state index contributed by atoms with van der Waals surface area (Å²) in [6, 6.07) is 14.4. The summed E-state index contributed by atoms with van der Waals surface area (Å²) in [5.74, 6) is 0. The van der Waals surface area contributed by atoms with Crippen LogP contribution in [0, 0.1) is 0 Å². The average molecular weight is 274 g/mol. The van der Waals surface area contributed by atoms with Crippen molar-refractivity contribution in [3.05, 3.63) is 57.8 Å². The zero-order valence-electron chi connectivity index (χ0n) is 11.7. The van der Waals surface area contributed by atoms with Crippen LogP contribution < -0.4 is 0 Å². The Morgan fingerprint density at radius 1 is 1.00 bits per heavy atom. The van der Waals surface area contributed by atoms with Crippen LogP contribution in [0.4, 0.5) is 0 Å². The van der Waals surface area contributed by atoms with Crippen molar-refractivity contribution >= 4 is 11.3 Å². The molecule has 1 unspecified atom stereocenters. The summed E-state index contributed by atoms with van der Waals surface area (Å²) in [4.78, 5) is 2.67. The van der Waals surface area contributed by atoms with Crippen LogP contribution in [-0.4, -0.2) is 5.11 Å². The lowest BCUT2D eigenvalue weighted by Gasteiger charge is -2.28. The molecule has 0 bridgehead atoms. The zero-order valence-corrected chi connectivity index (χ0v) is 12.5. The van der Waals surface area contributed by atoms with Gasteiger partial charge in [0.1, 0.15) is 0 Å². The predicted molar refractivity (Wildman–Crippen MR) is 82.6 cm³/mol. The van der Waals surface area contributed by atoms with E-state index in [9.17, 15) is 5.11 Å². The second-order valence-electron chi connectivity index (χ2n) is 5.05. The van der Waals surface area contributed by atoms with Crippen LogP contribution >= 0.6 is 11.3 Å². The van der Waals surface area contributed by atoms with Gasteiger partial charge in [-0.3, -0.25) is 0 Å². The lowest BCUT2D eigenvalue weighted by Crippen LogP contribution is -2.28. The number of rotatable bonds is 6. The van der Waals surface area contributed by atoms with Crippen molar-refractivity contribution in [3.8, 4) is 0 Å². The van der Waals surface area contributed by atoms with Crippen molar-refractivity contribution in [2.24, 2.45) is 0 Å². The molecule has 0 fully saturated rings. The maximum atomic E-state index is 11.0. The molecule has 1 aromatic heterocycles. The molecule has 19 heavy (non-hydrogen) atoms. The van der Waals surface area contributed by atoms with Gasteiger partial charge in [-0.05, 0) is 30.5 Å². The Bertz CT molecular complexity index is 503. The first kappa shape index (κ1) is 14.3.